The van der Waals surface area contributed by atoms with Crippen LogP contribution in [0.5, 0.6) is 0 Å². The molecule has 1 aliphatic rings. The van der Waals surface area contributed by atoms with Gasteiger partial charge in [-0.3, -0.25) is 4.79 Å². The summed E-state index contributed by atoms with van der Waals surface area (Å²) in [7, 11) is 4.26. The molecule has 0 unspecified atom stereocenters. The molecule has 4 heteroatoms. The average molecular weight is 371 g/mol. The maximum atomic E-state index is 13.2. The zero-order valence-electron chi connectivity index (χ0n) is 15.6. The van der Waals surface area contributed by atoms with Crippen LogP contribution in [0.25, 0.3) is 0 Å². The van der Waals surface area contributed by atoms with Crippen molar-refractivity contribution >= 4 is 17.5 Å². The van der Waals surface area contributed by atoms with E-state index in [1.807, 2.05) is 47.4 Å². The summed E-state index contributed by atoms with van der Waals surface area (Å²) in [5.74, 6) is 0.161. The number of carbonyl (C=O) groups is 1. The van der Waals surface area contributed by atoms with Crippen LogP contribution in [0.1, 0.15) is 40.7 Å². The number of amides is 1. The van der Waals surface area contributed by atoms with Crippen LogP contribution in [0.4, 0.5) is 0 Å². The maximum Gasteiger partial charge on any atom is 0.254 e. The zero-order chi connectivity index (χ0) is 18.5. The first-order valence-corrected chi connectivity index (χ1v) is 9.70. The largest absolute Gasteiger partial charge is 0.339 e. The third kappa shape index (κ3) is 4.66. The van der Waals surface area contributed by atoms with Gasteiger partial charge in [-0.05, 0) is 69.1 Å². The molecule has 1 saturated heterocycles. The van der Waals surface area contributed by atoms with Crippen LogP contribution in [0.2, 0.25) is 5.02 Å². The Morgan fingerprint density at radius 3 is 2.54 bits per heavy atom. The van der Waals surface area contributed by atoms with E-state index < -0.39 is 0 Å². The van der Waals surface area contributed by atoms with Crippen LogP contribution in [0.15, 0.2) is 48.5 Å². The number of hydrogen-bond acceptors (Lipinski definition) is 2. The number of hydrogen-bond donors (Lipinski definition) is 0. The van der Waals surface area contributed by atoms with Crippen molar-refractivity contribution in [3.8, 4) is 0 Å². The van der Waals surface area contributed by atoms with E-state index in [1.165, 1.54) is 0 Å². The first-order valence-electron chi connectivity index (χ1n) is 9.32. The molecule has 26 heavy (non-hydrogen) atoms. The van der Waals surface area contributed by atoms with Crippen molar-refractivity contribution in [1.29, 1.82) is 0 Å². The quantitative estimate of drug-likeness (QED) is 0.791. The predicted octanol–water partition coefficient (Wildman–Crippen LogP) is 4.49. The lowest BCUT2D eigenvalue weighted by atomic mass is 9.99. The fourth-order valence-electron chi connectivity index (χ4n) is 3.67. The molecule has 1 heterocycles. The van der Waals surface area contributed by atoms with Gasteiger partial charge in [0.2, 0.25) is 0 Å². The lowest BCUT2D eigenvalue weighted by molar-refractivity contribution is 0.0757. The van der Waals surface area contributed by atoms with Crippen molar-refractivity contribution in [1.82, 2.24) is 9.80 Å². The van der Waals surface area contributed by atoms with E-state index in [4.69, 9.17) is 11.6 Å². The smallest absolute Gasteiger partial charge is 0.254 e. The molecule has 3 rings (SSSR count). The van der Waals surface area contributed by atoms with Gasteiger partial charge >= 0.3 is 0 Å². The van der Waals surface area contributed by atoms with E-state index in [-0.39, 0.29) is 5.91 Å². The average Bonchev–Trinajstić information content (AvgIpc) is 2.90. The Bertz CT molecular complexity index is 742. The number of benzene rings is 2. The Hall–Kier alpha value is -1.84. The summed E-state index contributed by atoms with van der Waals surface area (Å²) >= 11 is 5.98. The Kier molecular flexibility index (Phi) is 6.33. The molecule has 0 radical (unpaired) electrons. The molecule has 1 amide bonds. The molecule has 138 valence electrons. The second-order valence-electron chi connectivity index (χ2n) is 7.30. The third-order valence-electron chi connectivity index (χ3n) is 5.27. The first kappa shape index (κ1) is 18.9. The SMILES string of the molecule is CN(C)[C@@H]1CCCN(C(=O)c2ccccc2Cc2ccc(Cl)cc2)CC1. The van der Waals surface area contributed by atoms with Gasteiger partial charge in [-0.1, -0.05) is 41.9 Å². The van der Waals surface area contributed by atoms with E-state index in [2.05, 4.69) is 25.1 Å². The summed E-state index contributed by atoms with van der Waals surface area (Å²) in [5, 5.41) is 0.734. The van der Waals surface area contributed by atoms with E-state index in [9.17, 15) is 4.79 Å². The van der Waals surface area contributed by atoms with Gasteiger partial charge in [0.25, 0.3) is 5.91 Å². The molecule has 2 aromatic carbocycles. The second kappa shape index (κ2) is 8.70. The molecule has 0 bridgehead atoms. The highest BCUT2D eigenvalue weighted by atomic mass is 35.5. The van der Waals surface area contributed by atoms with Crippen molar-refractivity contribution in [2.75, 3.05) is 27.2 Å². The molecule has 1 fully saturated rings. The number of likely N-dealkylation sites (tertiary alicyclic amines) is 1. The lowest BCUT2D eigenvalue weighted by Crippen LogP contribution is -2.34. The first-order chi connectivity index (χ1) is 12.5. The number of halogens is 1. The van der Waals surface area contributed by atoms with Gasteiger partial charge in [-0.2, -0.15) is 0 Å². The molecule has 0 saturated carbocycles. The molecule has 0 aliphatic carbocycles. The summed E-state index contributed by atoms with van der Waals surface area (Å²) in [4.78, 5) is 17.5. The summed E-state index contributed by atoms with van der Waals surface area (Å²) in [6.07, 6.45) is 4.00. The van der Waals surface area contributed by atoms with Gasteiger partial charge in [0.15, 0.2) is 0 Å². The fraction of sp³-hybridized carbons (Fsp3) is 0.409. The van der Waals surface area contributed by atoms with Crippen LogP contribution < -0.4 is 0 Å². The van der Waals surface area contributed by atoms with Gasteiger partial charge < -0.3 is 9.80 Å². The van der Waals surface area contributed by atoms with Crippen molar-refractivity contribution in [2.45, 2.75) is 31.7 Å². The van der Waals surface area contributed by atoms with Crippen LogP contribution in [0.3, 0.4) is 0 Å². The fourth-order valence-corrected chi connectivity index (χ4v) is 3.80. The third-order valence-corrected chi connectivity index (χ3v) is 5.52. The van der Waals surface area contributed by atoms with E-state index >= 15 is 0 Å². The van der Waals surface area contributed by atoms with Crippen LogP contribution in [-0.4, -0.2) is 48.9 Å². The molecule has 2 aromatic rings. The highest BCUT2D eigenvalue weighted by Crippen LogP contribution is 2.21. The molecule has 0 spiro atoms. The van der Waals surface area contributed by atoms with Crippen LogP contribution in [0, 0.1) is 0 Å². The molecule has 1 aliphatic heterocycles. The monoisotopic (exact) mass is 370 g/mol. The van der Waals surface area contributed by atoms with Crippen molar-refractivity contribution < 1.29 is 4.79 Å². The topological polar surface area (TPSA) is 23.6 Å². The van der Waals surface area contributed by atoms with Crippen LogP contribution >= 0.6 is 11.6 Å². The molecular weight excluding hydrogens is 344 g/mol. The van der Waals surface area contributed by atoms with Gasteiger partial charge in [0.05, 0.1) is 0 Å². The number of rotatable bonds is 4. The predicted molar refractivity (Wildman–Crippen MR) is 108 cm³/mol. The van der Waals surface area contributed by atoms with E-state index in [1.54, 1.807) is 0 Å². The maximum absolute atomic E-state index is 13.2. The van der Waals surface area contributed by atoms with Gasteiger partial charge in [-0.25, -0.2) is 0 Å². The summed E-state index contributed by atoms with van der Waals surface area (Å²) in [5.41, 5.74) is 3.07. The second-order valence-corrected chi connectivity index (χ2v) is 7.74. The molecule has 0 N–H and O–H groups in total. The van der Waals surface area contributed by atoms with Gasteiger partial charge in [0, 0.05) is 29.7 Å². The van der Waals surface area contributed by atoms with Crippen molar-refractivity contribution in [3.05, 3.63) is 70.2 Å². The van der Waals surface area contributed by atoms with Crippen molar-refractivity contribution in [3.63, 3.8) is 0 Å². The highest BCUT2D eigenvalue weighted by Gasteiger charge is 2.23. The van der Waals surface area contributed by atoms with Crippen LogP contribution in [-0.2, 0) is 6.42 Å². The minimum Gasteiger partial charge on any atom is -0.339 e. The van der Waals surface area contributed by atoms with Gasteiger partial charge in [0.1, 0.15) is 0 Å². The van der Waals surface area contributed by atoms with E-state index in [0.29, 0.717) is 6.04 Å². The Morgan fingerprint density at radius 2 is 1.81 bits per heavy atom. The standard InChI is InChI=1S/C22H27ClN2O/c1-24(2)20-7-5-14-25(15-13-20)22(26)21-8-4-3-6-18(21)16-17-9-11-19(23)12-10-17/h3-4,6,8-12,20H,5,7,13-16H2,1-2H3/t20-/m1/s1. The summed E-state index contributed by atoms with van der Waals surface area (Å²) < 4.78 is 0. The number of carbonyl (C=O) groups excluding carboxylic acids is 1. The van der Waals surface area contributed by atoms with Gasteiger partial charge in [-0.15, -0.1) is 0 Å². The number of nitrogens with zero attached hydrogens (tertiary/aromatic N) is 2. The van der Waals surface area contributed by atoms with Crippen molar-refractivity contribution in [2.24, 2.45) is 0 Å². The normalized spacial score (nSPS) is 18.0. The zero-order valence-corrected chi connectivity index (χ0v) is 16.4. The lowest BCUT2D eigenvalue weighted by Gasteiger charge is -2.24. The molecule has 3 nitrogen and oxygen atoms in total. The summed E-state index contributed by atoms with van der Waals surface area (Å²) in [6, 6.07) is 16.4. The Morgan fingerprint density at radius 1 is 1.08 bits per heavy atom. The molecule has 1 atom stereocenters. The minimum absolute atomic E-state index is 0.161. The highest BCUT2D eigenvalue weighted by molar-refractivity contribution is 6.30. The summed E-state index contributed by atoms with van der Waals surface area (Å²) in [6.45, 7) is 1.68. The molecule has 0 aromatic heterocycles. The van der Waals surface area contributed by atoms with E-state index in [0.717, 1.165) is 60.5 Å². The molecular formula is C22H27ClN2O. The Labute approximate surface area is 161 Å². The Balaban J connectivity index is 1.76. The minimum atomic E-state index is 0.161.